The predicted molar refractivity (Wildman–Crippen MR) is 60.6 cm³/mol. The molecule has 0 aliphatic rings. The lowest BCUT2D eigenvalue weighted by Gasteiger charge is -2.06. The molecule has 1 aromatic carbocycles. The maximum atomic E-state index is 11.5. The molecule has 0 aliphatic carbocycles. The van der Waals surface area contributed by atoms with E-state index in [1.165, 1.54) is 7.11 Å². The molecule has 0 aliphatic heterocycles. The highest BCUT2D eigenvalue weighted by molar-refractivity contribution is 6.32. The topological polar surface area (TPSA) is 38.3 Å². The first-order valence-electron chi connectivity index (χ1n) is 4.80. The van der Waals surface area contributed by atoms with E-state index in [0.717, 1.165) is 6.42 Å². The lowest BCUT2D eigenvalue weighted by Crippen LogP contribution is -2.23. The molecule has 0 bridgehead atoms. The minimum absolute atomic E-state index is 0.110. The van der Waals surface area contributed by atoms with E-state index in [1.807, 2.05) is 6.92 Å². The molecular formula is C11H14ClNO2. The molecule has 0 aromatic heterocycles. The van der Waals surface area contributed by atoms with E-state index in [2.05, 4.69) is 5.32 Å². The molecule has 15 heavy (non-hydrogen) atoms. The van der Waals surface area contributed by atoms with Gasteiger partial charge in [-0.15, -0.1) is 0 Å². The molecule has 0 atom stereocenters. The maximum Gasteiger partial charge on any atom is 0.251 e. The minimum atomic E-state index is -0.110. The number of amides is 1. The van der Waals surface area contributed by atoms with Gasteiger partial charge in [0, 0.05) is 12.1 Å². The average Bonchev–Trinajstić information content (AvgIpc) is 2.25. The lowest BCUT2D eigenvalue weighted by atomic mass is 10.2. The Kier molecular flexibility index (Phi) is 4.43. The van der Waals surface area contributed by atoms with Gasteiger partial charge in [-0.25, -0.2) is 0 Å². The molecule has 0 unspecified atom stereocenters. The van der Waals surface area contributed by atoms with Crippen LogP contribution in [0.25, 0.3) is 0 Å². The predicted octanol–water partition coefficient (Wildman–Crippen LogP) is 2.49. The first-order valence-corrected chi connectivity index (χ1v) is 5.18. The van der Waals surface area contributed by atoms with Gasteiger partial charge in [-0.3, -0.25) is 4.79 Å². The Morgan fingerprint density at radius 2 is 2.27 bits per heavy atom. The van der Waals surface area contributed by atoms with Crippen molar-refractivity contribution in [3.8, 4) is 5.75 Å². The number of halogens is 1. The van der Waals surface area contributed by atoms with Crippen LogP contribution in [-0.2, 0) is 0 Å². The van der Waals surface area contributed by atoms with E-state index in [-0.39, 0.29) is 5.91 Å². The van der Waals surface area contributed by atoms with Crippen molar-refractivity contribution >= 4 is 17.5 Å². The third-order valence-electron chi connectivity index (χ3n) is 1.95. The van der Waals surface area contributed by atoms with Crippen LogP contribution in [0.1, 0.15) is 23.7 Å². The fourth-order valence-electron chi connectivity index (χ4n) is 1.15. The largest absolute Gasteiger partial charge is 0.495 e. The van der Waals surface area contributed by atoms with Gasteiger partial charge in [-0.05, 0) is 24.6 Å². The maximum absolute atomic E-state index is 11.5. The molecule has 1 aromatic rings. The monoisotopic (exact) mass is 227 g/mol. The standard InChI is InChI=1S/C11H14ClNO2/c1-3-6-13-11(14)8-4-5-10(15-2)9(12)7-8/h4-5,7H,3,6H2,1-2H3,(H,13,14). The van der Waals surface area contributed by atoms with Crippen LogP contribution in [-0.4, -0.2) is 19.6 Å². The van der Waals surface area contributed by atoms with Crippen molar-refractivity contribution in [2.75, 3.05) is 13.7 Å². The molecule has 0 spiro atoms. The average molecular weight is 228 g/mol. The Morgan fingerprint density at radius 1 is 1.53 bits per heavy atom. The second-order valence-corrected chi connectivity index (χ2v) is 3.51. The van der Waals surface area contributed by atoms with E-state index in [0.29, 0.717) is 22.9 Å². The summed E-state index contributed by atoms with van der Waals surface area (Å²) < 4.78 is 5.00. The van der Waals surface area contributed by atoms with Crippen molar-refractivity contribution in [2.45, 2.75) is 13.3 Å². The van der Waals surface area contributed by atoms with Crippen LogP contribution in [0.3, 0.4) is 0 Å². The van der Waals surface area contributed by atoms with Gasteiger partial charge < -0.3 is 10.1 Å². The van der Waals surface area contributed by atoms with Gasteiger partial charge in [0.25, 0.3) is 5.91 Å². The Labute approximate surface area is 94.4 Å². The summed E-state index contributed by atoms with van der Waals surface area (Å²) >= 11 is 5.90. The van der Waals surface area contributed by atoms with E-state index < -0.39 is 0 Å². The number of rotatable bonds is 4. The van der Waals surface area contributed by atoms with Crippen LogP contribution in [0.4, 0.5) is 0 Å². The molecule has 3 nitrogen and oxygen atoms in total. The zero-order valence-electron chi connectivity index (χ0n) is 8.84. The highest BCUT2D eigenvalue weighted by atomic mass is 35.5. The second-order valence-electron chi connectivity index (χ2n) is 3.11. The van der Waals surface area contributed by atoms with Gasteiger partial charge in [0.1, 0.15) is 5.75 Å². The molecule has 0 fully saturated rings. The Balaban J connectivity index is 2.78. The normalized spacial score (nSPS) is 9.80. The van der Waals surface area contributed by atoms with Crippen molar-refractivity contribution < 1.29 is 9.53 Å². The number of carbonyl (C=O) groups is 1. The molecule has 0 saturated heterocycles. The van der Waals surface area contributed by atoms with Crippen molar-refractivity contribution in [3.63, 3.8) is 0 Å². The second kappa shape index (κ2) is 5.61. The summed E-state index contributed by atoms with van der Waals surface area (Å²) in [5.74, 6) is 0.463. The molecule has 1 amide bonds. The highest BCUT2D eigenvalue weighted by Crippen LogP contribution is 2.24. The third-order valence-corrected chi connectivity index (χ3v) is 2.24. The smallest absolute Gasteiger partial charge is 0.251 e. The van der Waals surface area contributed by atoms with Gasteiger partial charge in [-0.1, -0.05) is 18.5 Å². The lowest BCUT2D eigenvalue weighted by molar-refractivity contribution is 0.0953. The fraction of sp³-hybridized carbons (Fsp3) is 0.364. The number of hydrogen-bond acceptors (Lipinski definition) is 2. The number of methoxy groups -OCH3 is 1. The first-order chi connectivity index (χ1) is 7.19. The molecule has 0 saturated carbocycles. The molecular weight excluding hydrogens is 214 g/mol. The molecule has 1 rings (SSSR count). The van der Waals surface area contributed by atoms with E-state index in [4.69, 9.17) is 16.3 Å². The van der Waals surface area contributed by atoms with Crippen molar-refractivity contribution in [1.29, 1.82) is 0 Å². The van der Waals surface area contributed by atoms with Gasteiger partial charge in [-0.2, -0.15) is 0 Å². The Morgan fingerprint density at radius 3 is 2.80 bits per heavy atom. The van der Waals surface area contributed by atoms with Gasteiger partial charge in [0.2, 0.25) is 0 Å². The first kappa shape index (κ1) is 11.9. The zero-order valence-corrected chi connectivity index (χ0v) is 9.60. The number of ether oxygens (including phenoxy) is 1. The summed E-state index contributed by atoms with van der Waals surface area (Å²) in [5, 5.41) is 3.22. The highest BCUT2D eigenvalue weighted by Gasteiger charge is 2.07. The van der Waals surface area contributed by atoms with Crippen LogP contribution < -0.4 is 10.1 Å². The molecule has 0 heterocycles. The summed E-state index contributed by atoms with van der Waals surface area (Å²) in [4.78, 5) is 11.5. The van der Waals surface area contributed by atoms with Crippen molar-refractivity contribution in [3.05, 3.63) is 28.8 Å². The summed E-state index contributed by atoms with van der Waals surface area (Å²) in [6, 6.07) is 4.98. The number of hydrogen-bond donors (Lipinski definition) is 1. The number of carbonyl (C=O) groups excluding carboxylic acids is 1. The SMILES string of the molecule is CCCNC(=O)c1ccc(OC)c(Cl)c1. The summed E-state index contributed by atoms with van der Waals surface area (Å²) in [6.07, 6.45) is 0.912. The third kappa shape index (κ3) is 3.13. The quantitative estimate of drug-likeness (QED) is 0.858. The molecule has 0 radical (unpaired) electrons. The van der Waals surface area contributed by atoms with Crippen molar-refractivity contribution in [1.82, 2.24) is 5.32 Å². The molecule has 82 valence electrons. The van der Waals surface area contributed by atoms with Crippen LogP contribution in [0.5, 0.6) is 5.75 Å². The zero-order chi connectivity index (χ0) is 11.3. The van der Waals surface area contributed by atoms with E-state index >= 15 is 0 Å². The summed E-state index contributed by atoms with van der Waals surface area (Å²) in [7, 11) is 1.54. The van der Waals surface area contributed by atoms with Gasteiger partial charge in [0.05, 0.1) is 12.1 Å². The van der Waals surface area contributed by atoms with Crippen LogP contribution in [0.15, 0.2) is 18.2 Å². The van der Waals surface area contributed by atoms with Crippen LogP contribution >= 0.6 is 11.6 Å². The minimum Gasteiger partial charge on any atom is -0.495 e. The molecule has 1 N–H and O–H groups in total. The van der Waals surface area contributed by atoms with Gasteiger partial charge in [0.15, 0.2) is 0 Å². The van der Waals surface area contributed by atoms with Crippen LogP contribution in [0, 0.1) is 0 Å². The molecule has 4 heteroatoms. The number of nitrogens with one attached hydrogen (secondary N) is 1. The van der Waals surface area contributed by atoms with E-state index in [9.17, 15) is 4.79 Å². The van der Waals surface area contributed by atoms with Crippen LogP contribution in [0.2, 0.25) is 5.02 Å². The Bertz CT molecular complexity index is 352. The Hall–Kier alpha value is -1.22. The fourth-order valence-corrected chi connectivity index (χ4v) is 1.41. The van der Waals surface area contributed by atoms with E-state index in [1.54, 1.807) is 18.2 Å². The summed E-state index contributed by atoms with van der Waals surface area (Å²) in [6.45, 7) is 2.67. The van der Waals surface area contributed by atoms with Crippen molar-refractivity contribution in [2.24, 2.45) is 0 Å². The van der Waals surface area contributed by atoms with Gasteiger partial charge >= 0.3 is 0 Å². The summed E-state index contributed by atoms with van der Waals surface area (Å²) in [5.41, 5.74) is 0.550. The number of benzene rings is 1.